The average molecular weight is 281 g/mol. The van der Waals surface area contributed by atoms with Gasteiger partial charge in [0, 0.05) is 17.8 Å². The highest BCUT2D eigenvalue weighted by molar-refractivity contribution is 5.78. The van der Waals surface area contributed by atoms with Crippen LogP contribution in [0.3, 0.4) is 0 Å². The molecule has 0 atom stereocenters. The van der Waals surface area contributed by atoms with Gasteiger partial charge in [0.1, 0.15) is 6.54 Å². The van der Waals surface area contributed by atoms with Crippen LogP contribution in [0.2, 0.25) is 0 Å². The molecule has 1 aromatic heterocycles. The van der Waals surface area contributed by atoms with Crippen molar-refractivity contribution in [3.63, 3.8) is 0 Å². The molecule has 1 aliphatic heterocycles. The third kappa shape index (κ3) is 2.50. The lowest BCUT2D eigenvalue weighted by Gasteiger charge is -2.22. The summed E-state index contributed by atoms with van der Waals surface area (Å²) in [5.74, 6) is 0. The van der Waals surface area contributed by atoms with Crippen molar-refractivity contribution in [2.24, 2.45) is 0 Å². The number of para-hydroxylation sites is 1. The summed E-state index contributed by atoms with van der Waals surface area (Å²) >= 11 is 0. The molecule has 3 rings (SSSR count). The first kappa shape index (κ1) is 13.0. The number of fused-ring (bicyclic) bond motifs is 1. The Bertz CT molecular complexity index is 616. The second kappa shape index (κ2) is 4.85. The number of aryl methyl sites for hydroxylation is 1. The second-order valence-corrected chi connectivity index (χ2v) is 4.89. The molecule has 1 aromatic carbocycles. The van der Waals surface area contributed by atoms with Gasteiger partial charge in [-0.3, -0.25) is 0 Å². The number of benzene rings is 1. The lowest BCUT2D eigenvalue weighted by molar-refractivity contribution is -0.140. The minimum Gasteiger partial charge on any atom is -0.384 e. The zero-order valence-corrected chi connectivity index (χ0v) is 10.7. The Kier molecular flexibility index (Phi) is 3.16. The van der Waals surface area contributed by atoms with Gasteiger partial charge in [-0.25, -0.2) is 4.98 Å². The smallest absolute Gasteiger partial charge is 0.384 e. The molecule has 0 amide bonds. The van der Waals surface area contributed by atoms with E-state index in [0.717, 1.165) is 40.8 Å². The molecule has 2 aromatic rings. The first-order valence-electron chi connectivity index (χ1n) is 6.47. The molecule has 0 saturated heterocycles. The van der Waals surface area contributed by atoms with E-state index in [2.05, 4.69) is 10.3 Å². The fourth-order valence-corrected chi connectivity index (χ4v) is 2.59. The molecular weight excluding hydrogens is 267 g/mol. The Hall–Kier alpha value is -1.98. The number of anilines is 1. The summed E-state index contributed by atoms with van der Waals surface area (Å²) in [5.41, 5.74) is 3.36. The van der Waals surface area contributed by atoms with E-state index in [1.165, 1.54) is 12.5 Å². The number of hydrogen-bond acceptors (Lipinski definition) is 2. The van der Waals surface area contributed by atoms with Crippen molar-refractivity contribution >= 4 is 5.69 Å². The third-order valence-corrected chi connectivity index (χ3v) is 3.41. The number of aromatic nitrogens is 2. The highest BCUT2D eigenvalue weighted by atomic mass is 19.4. The van der Waals surface area contributed by atoms with Gasteiger partial charge < -0.3 is 9.88 Å². The number of imidazole rings is 1. The molecule has 0 aliphatic carbocycles. The van der Waals surface area contributed by atoms with Crippen molar-refractivity contribution in [2.45, 2.75) is 25.6 Å². The molecule has 20 heavy (non-hydrogen) atoms. The van der Waals surface area contributed by atoms with Gasteiger partial charge in [0.25, 0.3) is 0 Å². The van der Waals surface area contributed by atoms with Crippen molar-refractivity contribution in [1.29, 1.82) is 0 Å². The van der Waals surface area contributed by atoms with E-state index in [4.69, 9.17) is 0 Å². The van der Waals surface area contributed by atoms with Crippen LogP contribution in [0.25, 0.3) is 11.3 Å². The van der Waals surface area contributed by atoms with Gasteiger partial charge >= 0.3 is 6.18 Å². The van der Waals surface area contributed by atoms with E-state index in [1.807, 2.05) is 18.2 Å². The van der Waals surface area contributed by atoms with Crippen molar-refractivity contribution in [3.05, 3.63) is 36.3 Å². The highest BCUT2D eigenvalue weighted by Gasteiger charge is 2.29. The van der Waals surface area contributed by atoms with Crippen LogP contribution in [0.15, 0.2) is 30.7 Å². The topological polar surface area (TPSA) is 29.9 Å². The van der Waals surface area contributed by atoms with Crippen LogP contribution in [0.5, 0.6) is 0 Å². The van der Waals surface area contributed by atoms with Gasteiger partial charge in [0.15, 0.2) is 0 Å². The lowest BCUT2D eigenvalue weighted by atomic mass is 9.98. The fraction of sp³-hybridized carbons (Fsp3) is 0.357. The number of halogens is 3. The SMILES string of the molecule is FC(F)(F)Cn1cncc1-c1cccc2c1NCCC2. The van der Waals surface area contributed by atoms with Gasteiger partial charge in [-0.15, -0.1) is 0 Å². The molecule has 1 N–H and O–H groups in total. The van der Waals surface area contributed by atoms with Crippen LogP contribution in [0.4, 0.5) is 18.9 Å². The molecule has 0 spiro atoms. The maximum Gasteiger partial charge on any atom is 0.406 e. The second-order valence-electron chi connectivity index (χ2n) is 4.89. The van der Waals surface area contributed by atoms with Crippen LogP contribution in [0.1, 0.15) is 12.0 Å². The Labute approximate surface area is 114 Å². The van der Waals surface area contributed by atoms with E-state index in [9.17, 15) is 13.2 Å². The number of rotatable bonds is 2. The summed E-state index contributed by atoms with van der Waals surface area (Å²) in [6.45, 7) is -0.177. The van der Waals surface area contributed by atoms with E-state index in [1.54, 1.807) is 0 Å². The Morgan fingerprint density at radius 2 is 2.15 bits per heavy atom. The maximum atomic E-state index is 12.6. The summed E-state index contributed by atoms with van der Waals surface area (Å²) in [6.07, 6.45) is 0.447. The van der Waals surface area contributed by atoms with Crippen LogP contribution in [-0.2, 0) is 13.0 Å². The lowest BCUT2D eigenvalue weighted by Crippen LogP contribution is -2.18. The number of alkyl halides is 3. The van der Waals surface area contributed by atoms with Crippen LogP contribution in [0, 0.1) is 0 Å². The van der Waals surface area contributed by atoms with Gasteiger partial charge in [-0.2, -0.15) is 13.2 Å². The first-order valence-corrected chi connectivity index (χ1v) is 6.47. The quantitative estimate of drug-likeness (QED) is 0.913. The fourth-order valence-electron chi connectivity index (χ4n) is 2.59. The molecule has 0 saturated carbocycles. The van der Waals surface area contributed by atoms with Crippen molar-refractivity contribution in [3.8, 4) is 11.3 Å². The van der Waals surface area contributed by atoms with Crippen molar-refractivity contribution < 1.29 is 13.2 Å². The zero-order valence-electron chi connectivity index (χ0n) is 10.7. The van der Waals surface area contributed by atoms with Crippen LogP contribution >= 0.6 is 0 Å². The van der Waals surface area contributed by atoms with Gasteiger partial charge in [0.05, 0.1) is 18.2 Å². The number of hydrogen-bond donors (Lipinski definition) is 1. The predicted molar refractivity (Wildman–Crippen MR) is 70.5 cm³/mol. The highest BCUT2D eigenvalue weighted by Crippen LogP contribution is 2.34. The minimum atomic E-state index is -4.25. The Balaban J connectivity index is 2.04. The van der Waals surface area contributed by atoms with Crippen LogP contribution < -0.4 is 5.32 Å². The van der Waals surface area contributed by atoms with Gasteiger partial charge in [0.2, 0.25) is 0 Å². The van der Waals surface area contributed by atoms with Gasteiger partial charge in [-0.1, -0.05) is 18.2 Å². The van der Waals surface area contributed by atoms with Crippen LogP contribution in [-0.4, -0.2) is 22.3 Å². The molecule has 0 fully saturated rings. The van der Waals surface area contributed by atoms with E-state index in [0.29, 0.717) is 5.69 Å². The van der Waals surface area contributed by atoms with E-state index in [-0.39, 0.29) is 0 Å². The van der Waals surface area contributed by atoms with Crippen molar-refractivity contribution in [2.75, 3.05) is 11.9 Å². The molecule has 0 bridgehead atoms. The predicted octanol–water partition coefficient (Wildman–Crippen LogP) is 3.47. The molecule has 1 aliphatic rings. The Morgan fingerprint density at radius 3 is 2.95 bits per heavy atom. The third-order valence-electron chi connectivity index (χ3n) is 3.41. The zero-order chi connectivity index (χ0) is 14.2. The van der Waals surface area contributed by atoms with E-state index < -0.39 is 12.7 Å². The summed E-state index contributed by atoms with van der Waals surface area (Å²) in [4.78, 5) is 3.87. The first-order chi connectivity index (χ1) is 9.54. The molecular formula is C14H14F3N3. The molecule has 106 valence electrons. The molecule has 0 radical (unpaired) electrons. The largest absolute Gasteiger partial charge is 0.406 e. The monoisotopic (exact) mass is 281 g/mol. The number of nitrogens with zero attached hydrogens (tertiary/aromatic N) is 2. The van der Waals surface area contributed by atoms with Gasteiger partial charge in [-0.05, 0) is 18.4 Å². The summed E-state index contributed by atoms with van der Waals surface area (Å²) < 4.78 is 38.9. The molecule has 0 unspecified atom stereocenters. The molecule has 3 nitrogen and oxygen atoms in total. The average Bonchev–Trinajstić information content (AvgIpc) is 2.84. The normalized spacial score (nSPS) is 14.8. The minimum absolute atomic E-state index is 0.494. The molecule has 2 heterocycles. The summed E-state index contributed by atoms with van der Waals surface area (Å²) in [6, 6.07) is 5.72. The maximum absolute atomic E-state index is 12.6. The standard InChI is InChI=1S/C14H14F3N3/c15-14(16,17)8-20-9-18-7-12(20)11-5-1-3-10-4-2-6-19-13(10)11/h1,3,5,7,9,19H,2,4,6,8H2. The number of nitrogens with one attached hydrogen (secondary N) is 1. The van der Waals surface area contributed by atoms with Crippen molar-refractivity contribution in [1.82, 2.24) is 9.55 Å². The summed E-state index contributed by atoms with van der Waals surface area (Å²) in [5, 5.41) is 3.29. The van der Waals surface area contributed by atoms with E-state index >= 15 is 0 Å². The molecule has 6 heteroatoms. The Morgan fingerprint density at radius 1 is 1.30 bits per heavy atom. The summed E-state index contributed by atoms with van der Waals surface area (Å²) in [7, 11) is 0.